The fourth-order valence-electron chi connectivity index (χ4n) is 0.892. The smallest absolute Gasteiger partial charge is 0.351 e. The lowest BCUT2D eigenvalue weighted by atomic mass is 10.3. The van der Waals surface area contributed by atoms with E-state index < -0.39 is 18.5 Å². The van der Waals surface area contributed by atoms with Gasteiger partial charge in [-0.1, -0.05) is 0 Å². The zero-order valence-electron chi connectivity index (χ0n) is 7.64. The van der Waals surface area contributed by atoms with Crippen molar-refractivity contribution in [3.8, 4) is 0 Å². The second-order valence-corrected chi connectivity index (χ2v) is 2.83. The Morgan fingerprint density at radius 3 is 2.80 bits per heavy atom. The van der Waals surface area contributed by atoms with Gasteiger partial charge in [-0.2, -0.15) is 28.6 Å². The van der Waals surface area contributed by atoms with Crippen LogP contribution < -0.4 is 5.32 Å². The highest BCUT2D eigenvalue weighted by molar-refractivity contribution is 5.91. The average molecular weight is 222 g/mol. The van der Waals surface area contributed by atoms with E-state index in [1.54, 1.807) is 0 Å². The minimum Gasteiger partial charge on any atom is -0.351 e. The summed E-state index contributed by atoms with van der Waals surface area (Å²) in [7, 11) is 0. The van der Waals surface area contributed by atoms with Crippen molar-refractivity contribution in [3.63, 3.8) is 0 Å². The Bertz CT molecular complexity index is 309. The van der Waals surface area contributed by atoms with Crippen molar-refractivity contribution < 1.29 is 18.0 Å². The van der Waals surface area contributed by atoms with Gasteiger partial charge in [-0.15, -0.1) is 0 Å². The number of hydrogen-bond acceptors (Lipinski definition) is 3. The number of nitrogens with zero attached hydrogens (tertiary/aromatic N) is 2. The van der Waals surface area contributed by atoms with Gasteiger partial charge in [0.05, 0.1) is 6.20 Å². The van der Waals surface area contributed by atoms with Crippen molar-refractivity contribution >= 4 is 5.91 Å². The summed E-state index contributed by atoms with van der Waals surface area (Å²) >= 11 is 0. The maximum atomic E-state index is 11.7. The van der Waals surface area contributed by atoms with Gasteiger partial charge in [0.2, 0.25) is 0 Å². The number of carbonyl (C=O) groups excluding carboxylic acids is 1. The Hall–Kier alpha value is -1.60. The summed E-state index contributed by atoms with van der Waals surface area (Å²) in [6.07, 6.45) is -4.04. The molecule has 1 amide bonds. The van der Waals surface area contributed by atoms with Crippen LogP contribution in [-0.2, 0) is 0 Å². The van der Waals surface area contributed by atoms with E-state index in [2.05, 4.69) is 20.7 Å². The van der Waals surface area contributed by atoms with Crippen molar-refractivity contribution in [3.05, 3.63) is 11.9 Å². The van der Waals surface area contributed by atoms with Crippen LogP contribution in [0.15, 0.2) is 6.20 Å². The number of rotatable bonds is 4. The zero-order valence-corrected chi connectivity index (χ0v) is 7.64. The van der Waals surface area contributed by atoms with Crippen LogP contribution in [0.25, 0.3) is 0 Å². The second kappa shape index (κ2) is 4.76. The molecule has 0 saturated carbocycles. The third kappa shape index (κ3) is 4.43. The molecule has 0 spiro atoms. The third-order valence-corrected chi connectivity index (χ3v) is 1.57. The first-order valence-corrected chi connectivity index (χ1v) is 4.20. The molecule has 1 heterocycles. The molecule has 0 aliphatic carbocycles. The number of aromatic nitrogens is 3. The maximum Gasteiger partial charge on any atom is 0.389 e. The number of nitrogens with one attached hydrogen (secondary N) is 2. The molecule has 8 heteroatoms. The Morgan fingerprint density at radius 2 is 2.27 bits per heavy atom. The molecular formula is C7H9F3N4O. The Balaban J connectivity index is 2.19. The molecule has 84 valence electrons. The van der Waals surface area contributed by atoms with Crippen LogP contribution in [0.3, 0.4) is 0 Å². The molecule has 1 aromatic rings. The first kappa shape index (κ1) is 11.5. The SMILES string of the molecule is O=C(NCCCC(F)(F)F)c1cn[nH]n1. The lowest BCUT2D eigenvalue weighted by Gasteiger charge is -2.05. The number of hydrogen-bond donors (Lipinski definition) is 2. The quantitative estimate of drug-likeness (QED) is 0.743. The molecule has 0 saturated heterocycles. The number of H-pyrrole nitrogens is 1. The highest BCUT2D eigenvalue weighted by atomic mass is 19.4. The zero-order chi connectivity index (χ0) is 11.3. The predicted octanol–water partition coefficient (Wildman–Crippen LogP) is 0.877. The molecular weight excluding hydrogens is 213 g/mol. The van der Waals surface area contributed by atoms with Crippen molar-refractivity contribution in [2.75, 3.05) is 6.54 Å². The minimum atomic E-state index is -4.18. The molecule has 15 heavy (non-hydrogen) atoms. The number of alkyl halides is 3. The van der Waals surface area contributed by atoms with Crippen molar-refractivity contribution in [1.29, 1.82) is 0 Å². The maximum absolute atomic E-state index is 11.7. The Kier molecular flexibility index (Phi) is 3.64. The highest BCUT2D eigenvalue weighted by Crippen LogP contribution is 2.20. The number of aromatic amines is 1. The van der Waals surface area contributed by atoms with E-state index in [1.165, 1.54) is 6.20 Å². The molecule has 1 rings (SSSR count). The van der Waals surface area contributed by atoms with Crippen LogP contribution >= 0.6 is 0 Å². The lowest BCUT2D eigenvalue weighted by molar-refractivity contribution is -0.135. The van der Waals surface area contributed by atoms with Crippen molar-refractivity contribution in [2.45, 2.75) is 19.0 Å². The van der Waals surface area contributed by atoms with Gasteiger partial charge < -0.3 is 5.32 Å². The standard InChI is InChI=1S/C7H9F3N4O/c8-7(9,10)2-1-3-11-6(15)5-4-12-14-13-5/h4H,1-3H2,(H,11,15)(H,12,13,14). The average Bonchev–Trinajstić information content (AvgIpc) is 2.63. The van der Waals surface area contributed by atoms with Crippen LogP contribution in [0, 0.1) is 0 Å². The summed E-state index contributed by atoms with van der Waals surface area (Å²) in [4.78, 5) is 11.1. The second-order valence-electron chi connectivity index (χ2n) is 2.83. The molecule has 1 aromatic heterocycles. The van der Waals surface area contributed by atoms with E-state index in [-0.39, 0.29) is 18.7 Å². The molecule has 5 nitrogen and oxygen atoms in total. The summed E-state index contributed by atoms with van der Waals surface area (Å²) in [6, 6.07) is 0. The van der Waals surface area contributed by atoms with E-state index in [1.807, 2.05) is 0 Å². The molecule has 0 bridgehead atoms. The van der Waals surface area contributed by atoms with E-state index in [9.17, 15) is 18.0 Å². The normalized spacial score (nSPS) is 11.4. The summed E-state index contributed by atoms with van der Waals surface area (Å²) in [5, 5.41) is 11.4. The van der Waals surface area contributed by atoms with Crippen LogP contribution in [0.2, 0.25) is 0 Å². The molecule has 0 aliphatic rings. The van der Waals surface area contributed by atoms with Gasteiger partial charge in [0.25, 0.3) is 5.91 Å². The van der Waals surface area contributed by atoms with Gasteiger partial charge in [0.15, 0.2) is 5.69 Å². The highest BCUT2D eigenvalue weighted by Gasteiger charge is 2.26. The third-order valence-electron chi connectivity index (χ3n) is 1.57. The molecule has 0 radical (unpaired) electrons. The number of halogens is 3. The van der Waals surface area contributed by atoms with Crippen molar-refractivity contribution in [1.82, 2.24) is 20.7 Å². The monoisotopic (exact) mass is 222 g/mol. The van der Waals surface area contributed by atoms with Gasteiger partial charge >= 0.3 is 6.18 Å². The fourth-order valence-corrected chi connectivity index (χ4v) is 0.892. The van der Waals surface area contributed by atoms with E-state index in [0.717, 1.165) is 0 Å². The topological polar surface area (TPSA) is 70.7 Å². The van der Waals surface area contributed by atoms with Crippen LogP contribution in [0.4, 0.5) is 13.2 Å². The molecule has 0 unspecified atom stereocenters. The summed E-state index contributed by atoms with van der Waals surface area (Å²) in [6.45, 7) is -0.0365. The molecule has 0 atom stereocenters. The summed E-state index contributed by atoms with van der Waals surface area (Å²) in [5.41, 5.74) is 0.0574. The predicted molar refractivity (Wildman–Crippen MR) is 44.0 cm³/mol. The van der Waals surface area contributed by atoms with Crippen LogP contribution in [-0.4, -0.2) is 34.0 Å². The molecule has 0 aromatic carbocycles. The lowest BCUT2D eigenvalue weighted by Crippen LogP contribution is -2.25. The van der Waals surface area contributed by atoms with E-state index in [4.69, 9.17) is 0 Å². The number of amides is 1. The van der Waals surface area contributed by atoms with Gasteiger partial charge in [0.1, 0.15) is 0 Å². The Morgan fingerprint density at radius 1 is 1.53 bits per heavy atom. The fraction of sp³-hybridized carbons (Fsp3) is 0.571. The summed E-state index contributed by atoms with van der Waals surface area (Å²) in [5.74, 6) is -0.536. The van der Waals surface area contributed by atoms with E-state index >= 15 is 0 Å². The first-order chi connectivity index (χ1) is 6.99. The van der Waals surface area contributed by atoms with E-state index in [0.29, 0.717) is 0 Å². The van der Waals surface area contributed by atoms with Gasteiger partial charge in [-0.3, -0.25) is 4.79 Å². The molecule has 0 aliphatic heterocycles. The van der Waals surface area contributed by atoms with Crippen LogP contribution in [0.1, 0.15) is 23.3 Å². The minimum absolute atomic E-state index is 0.0365. The van der Waals surface area contributed by atoms with Crippen molar-refractivity contribution in [2.24, 2.45) is 0 Å². The molecule has 0 fully saturated rings. The van der Waals surface area contributed by atoms with Crippen LogP contribution in [0.5, 0.6) is 0 Å². The number of carbonyl (C=O) groups is 1. The summed E-state index contributed by atoms with van der Waals surface area (Å²) < 4.78 is 35.1. The molecule has 2 N–H and O–H groups in total. The first-order valence-electron chi connectivity index (χ1n) is 4.20. The van der Waals surface area contributed by atoms with Gasteiger partial charge in [0, 0.05) is 13.0 Å². The Labute approximate surface area is 83.0 Å². The largest absolute Gasteiger partial charge is 0.389 e. The van der Waals surface area contributed by atoms with Gasteiger partial charge in [-0.25, -0.2) is 0 Å². The van der Waals surface area contributed by atoms with Gasteiger partial charge in [-0.05, 0) is 6.42 Å².